The molecule has 0 saturated heterocycles. The van der Waals surface area contributed by atoms with E-state index in [4.69, 9.17) is 0 Å². The molecule has 1 aromatic heterocycles. The van der Waals surface area contributed by atoms with Gasteiger partial charge in [-0.3, -0.25) is 14.2 Å². The van der Waals surface area contributed by atoms with Crippen LogP contribution in [-0.2, 0) is 11.3 Å². The van der Waals surface area contributed by atoms with Gasteiger partial charge < -0.3 is 5.32 Å². The number of carbonyl (C=O) groups is 1. The van der Waals surface area contributed by atoms with Gasteiger partial charge in [-0.1, -0.05) is 53.7 Å². The van der Waals surface area contributed by atoms with E-state index in [0.717, 1.165) is 21.3 Å². The molecule has 152 valence electrons. The van der Waals surface area contributed by atoms with E-state index in [9.17, 15) is 9.59 Å². The highest BCUT2D eigenvalue weighted by atomic mass is 79.9. The fourth-order valence-corrected chi connectivity index (χ4v) is 4.18. The molecule has 0 aliphatic carbocycles. The van der Waals surface area contributed by atoms with Gasteiger partial charge in [0.05, 0.1) is 16.7 Å². The van der Waals surface area contributed by atoms with Gasteiger partial charge in [0.25, 0.3) is 5.56 Å². The fraction of sp³-hybridized carbons (Fsp3) is 0.318. The summed E-state index contributed by atoms with van der Waals surface area (Å²) in [7, 11) is 0. The monoisotopic (exact) mass is 473 g/mol. The van der Waals surface area contributed by atoms with Gasteiger partial charge in [-0.2, -0.15) is 0 Å². The maximum Gasteiger partial charge on any atom is 0.262 e. The van der Waals surface area contributed by atoms with Gasteiger partial charge in [0.2, 0.25) is 5.91 Å². The minimum Gasteiger partial charge on any atom is -0.325 e. The number of nitrogens with zero attached hydrogens (tertiary/aromatic N) is 2. The van der Waals surface area contributed by atoms with E-state index < -0.39 is 0 Å². The van der Waals surface area contributed by atoms with Crippen molar-refractivity contribution < 1.29 is 4.79 Å². The fourth-order valence-electron chi connectivity index (χ4n) is 3.01. The van der Waals surface area contributed by atoms with Crippen molar-refractivity contribution in [3.8, 4) is 0 Å². The van der Waals surface area contributed by atoms with Crippen molar-refractivity contribution in [2.75, 3.05) is 11.1 Å². The highest BCUT2D eigenvalue weighted by Gasteiger charge is 2.15. The number of hydrogen-bond donors (Lipinski definition) is 1. The molecule has 0 aliphatic heterocycles. The van der Waals surface area contributed by atoms with Crippen LogP contribution in [0.15, 0.2) is 50.8 Å². The highest BCUT2D eigenvalue weighted by molar-refractivity contribution is 9.10. The molecule has 2 aromatic carbocycles. The number of hydrogen-bond acceptors (Lipinski definition) is 4. The Balaban J connectivity index is 1.86. The Morgan fingerprint density at radius 1 is 1.24 bits per heavy atom. The number of aryl methyl sites for hydroxylation is 1. The van der Waals surface area contributed by atoms with Crippen molar-refractivity contribution in [1.82, 2.24) is 9.55 Å². The molecule has 0 saturated carbocycles. The van der Waals surface area contributed by atoms with Crippen LogP contribution in [0.2, 0.25) is 0 Å². The normalized spacial score (nSPS) is 11.2. The lowest BCUT2D eigenvalue weighted by atomic mass is 10.1. The molecule has 1 N–H and O–H groups in total. The number of fused-ring (bicyclic) bond motifs is 1. The minimum absolute atomic E-state index is 0.0811. The number of rotatable bonds is 6. The number of carbonyl (C=O) groups excluding carboxylic acids is 1. The number of thioether (sulfide) groups is 1. The molecule has 5 nitrogen and oxygen atoms in total. The lowest BCUT2D eigenvalue weighted by Gasteiger charge is -2.15. The Morgan fingerprint density at radius 2 is 2.00 bits per heavy atom. The summed E-state index contributed by atoms with van der Waals surface area (Å²) in [6.45, 7) is 8.66. The smallest absolute Gasteiger partial charge is 0.262 e. The van der Waals surface area contributed by atoms with E-state index in [-0.39, 0.29) is 23.1 Å². The van der Waals surface area contributed by atoms with E-state index in [1.807, 2.05) is 44.2 Å². The zero-order chi connectivity index (χ0) is 21.1. The molecule has 3 rings (SSSR count). The third-order valence-corrected chi connectivity index (χ3v) is 6.11. The molecule has 3 aromatic rings. The molecule has 0 bridgehead atoms. The summed E-state index contributed by atoms with van der Waals surface area (Å²) in [6.07, 6.45) is 0. The summed E-state index contributed by atoms with van der Waals surface area (Å²) in [6, 6.07) is 11.3. The summed E-state index contributed by atoms with van der Waals surface area (Å²) in [5, 5.41) is 4.10. The zero-order valence-corrected chi connectivity index (χ0v) is 19.4. The SMILES string of the molecule is Cc1cccc(NC(=O)CSc2nc3ccc(Br)cc3c(=O)n2CC(C)C)c1C. The number of aromatic nitrogens is 2. The van der Waals surface area contributed by atoms with Crippen molar-refractivity contribution in [3.05, 3.63) is 62.4 Å². The Labute approximate surface area is 183 Å². The molecule has 0 fully saturated rings. The van der Waals surface area contributed by atoms with Crippen LogP contribution in [0.1, 0.15) is 25.0 Å². The second-order valence-corrected chi connectivity index (χ2v) is 9.31. The lowest BCUT2D eigenvalue weighted by molar-refractivity contribution is -0.113. The maximum atomic E-state index is 13.0. The number of nitrogens with one attached hydrogen (secondary N) is 1. The first-order valence-electron chi connectivity index (χ1n) is 9.45. The van der Waals surface area contributed by atoms with Crippen LogP contribution in [0.3, 0.4) is 0 Å². The van der Waals surface area contributed by atoms with Crippen LogP contribution >= 0.6 is 27.7 Å². The first-order valence-corrected chi connectivity index (χ1v) is 11.2. The van der Waals surface area contributed by atoms with E-state index in [2.05, 4.69) is 40.1 Å². The molecule has 0 radical (unpaired) electrons. The van der Waals surface area contributed by atoms with Crippen molar-refractivity contribution in [1.29, 1.82) is 0 Å². The van der Waals surface area contributed by atoms with E-state index in [1.165, 1.54) is 11.8 Å². The first kappa shape index (κ1) is 21.6. The van der Waals surface area contributed by atoms with Crippen LogP contribution in [0, 0.1) is 19.8 Å². The molecule has 29 heavy (non-hydrogen) atoms. The summed E-state index contributed by atoms with van der Waals surface area (Å²) in [5.74, 6) is 0.340. The lowest BCUT2D eigenvalue weighted by Crippen LogP contribution is -2.26. The van der Waals surface area contributed by atoms with E-state index >= 15 is 0 Å². The van der Waals surface area contributed by atoms with E-state index in [0.29, 0.717) is 22.6 Å². The average molecular weight is 474 g/mol. The van der Waals surface area contributed by atoms with Crippen LogP contribution in [-0.4, -0.2) is 21.2 Å². The summed E-state index contributed by atoms with van der Waals surface area (Å²) in [5.41, 5.74) is 3.55. The van der Waals surface area contributed by atoms with Gasteiger partial charge in [0.15, 0.2) is 5.16 Å². The Kier molecular flexibility index (Phi) is 6.80. The van der Waals surface area contributed by atoms with Gasteiger partial charge in [0.1, 0.15) is 0 Å². The van der Waals surface area contributed by atoms with Gasteiger partial charge in [0, 0.05) is 16.7 Å². The number of amides is 1. The van der Waals surface area contributed by atoms with Gasteiger partial charge >= 0.3 is 0 Å². The third-order valence-electron chi connectivity index (χ3n) is 4.64. The number of anilines is 1. The number of benzene rings is 2. The zero-order valence-electron chi connectivity index (χ0n) is 17.0. The summed E-state index contributed by atoms with van der Waals surface area (Å²) in [4.78, 5) is 30.2. The van der Waals surface area contributed by atoms with Gasteiger partial charge in [-0.25, -0.2) is 4.98 Å². The average Bonchev–Trinajstić information content (AvgIpc) is 2.66. The Morgan fingerprint density at radius 3 is 2.72 bits per heavy atom. The molecule has 0 aliphatic rings. The molecule has 0 atom stereocenters. The second-order valence-electron chi connectivity index (χ2n) is 7.45. The summed E-state index contributed by atoms with van der Waals surface area (Å²) >= 11 is 4.71. The van der Waals surface area contributed by atoms with Crippen LogP contribution in [0.5, 0.6) is 0 Å². The first-order chi connectivity index (χ1) is 13.8. The van der Waals surface area contributed by atoms with Crippen LogP contribution in [0.4, 0.5) is 5.69 Å². The minimum atomic E-state index is -0.120. The largest absolute Gasteiger partial charge is 0.325 e. The van der Waals surface area contributed by atoms with Gasteiger partial charge in [-0.05, 0) is 55.2 Å². The molecular weight excluding hydrogens is 450 g/mol. The van der Waals surface area contributed by atoms with Crippen molar-refractivity contribution in [2.24, 2.45) is 5.92 Å². The summed E-state index contributed by atoms with van der Waals surface area (Å²) < 4.78 is 2.52. The molecule has 7 heteroatoms. The predicted octanol–water partition coefficient (Wildman–Crippen LogP) is 5.16. The maximum absolute atomic E-state index is 13.0. The topological polar surface area (TPSA) is 64.0 Å². The third kappa shape index (κ3) is 5.08. The molecule has 1 heterocycles. The van der Waals surface area contributed by atoms with Crippen molar-refractivity contribution >= 4 is 50.2 Å². The van der Waals surface area contributed by atoms with E-state index in [1.54, 1.807) is 10.6 Å². The van der Waals surface area contributed by atoms with Gasteiger partial charge in [-0.15, -0.1) is 0 Å². The van der Waals surface area contributed by atoms with Crippen molar-refractivity contribution in [3.63, 3.8) is 0 Å². The Bertz CT molecular complexity index is 1120. The molecule has 0 unspecified atom stereocenters. The highest BCUT2D eigenvalue weighted by Crippen LogP contribution is 2.23. The van der Waals surface area contributed by atoms with Crippen LogP contribution < -0.4 is 10.9 Å². The molecule has 0 spiro atoms. The predicted molar refractivity (Wildman–Crippen MR) is 124 cm³/mol. The quantitative estimate of drug-likeness (QED) is 0.396. The molecule has 1 amide bonds. The number of halogens is 1. The van der Waals surface area contributed by atoms with Crippen molar-refractivity contribution in [2.45, 2.75) is 39.4 Å². The van der Waals surface area contributed by atoms with Crippen LogP contribution in [0.25, 0.3) is 10.9 Å². The Hall–Kier alpha value is -2.12. The standard InChI is InChI=1S/C22H24BrN3O2S/c1-13(2)11-26-21(28)17-10-16(23)8-9-19(17)25-22(26)29-12-20(27)24-18-7-5-6-14(3)15(18)4/h5-10,13H,11-12H2,1-4H3,(H,24,27). The molecular formula is C22H24BrN3O2S. The second kappa shape index (κ2) is 9.13.